The fourth-order valence-electron chi connectivity index (χ4n) is 2.96. The molecule has 0 fully saturated rings. The first-order valence-electron chi connectivity index (χ1n) is 10.2. The van der Waals surface area contributed by atoms with E-state index in [-0.39, 0.29) is 41.3 Å². The van der Waals surface area contributed by atoms with E-state index < -0.39 is 6.61 Å². The Morgan fingerprint density at radius 3 is 2.61 bits per heavy atom. The van der Waals surface area contributed by atoms with Crippen molar-refractivity contribution >= 4 is 17.4 Å². The van der Waals surface area contributed by atoms with Crippen molar-refractivity contribution in [2.24, 2.45) is 5.92 Å². The number of benzene rings is 1. The molecule has 0 radical (unpaired) electrons. The first kappa shape index (κ1) is 23.9. The summed E-state index contributed by atoms with van der Waals surface area (Å²) in [6.07, 6.45) is 4.48. The molecule has 0 atom stereocenters. The van der Waals surface area contributed by atoms with E-state index in [9.17, 15) is 18.4 Å². The van der Waals surface area contributed by atoms with Gasteiger partial charge in [0.05, 0.1) is 17.9 Å². The van der Waals surface area contributed by atoms with E-state index in [0.717, 1.165) is 5.69 Å². The molecule has 2 aromatic heterocycles. The number of ether oxygens (including phenoxy) is 1. The molecule has 2 N–H and O–H groups in total. The number of aromatic nitrogens is 3. The van der Waals surface area contributed by atoms with E-state index in [1.165, 1.54) is 24.7 Å². The van der Waals surface area contributed by atoms with Gasteiger partial charge in [0.2, 0.25) is 5.91 Å². The van der Waals surface area contributed by atoms with Crippen LogP contribution in [0.15, 0.2) is 55.1 Å². The van der Waals surface area contributed by atoms with Gasteiger partial charge in [0, 0.05) is 30.4 Å². The maximum Gasteiger partial charge on any atom is 0.387 e. The van der Waals surface area contributed by atoms with Gasteiger partial charge in [-0.05, 0) is 29.8 Å². The lowest BCUT2D eigenvalue weighted by atomic mass is 10.0. The number of nitrogens with one attached hydrogen (secondary N) is 2. The number of hydrogen-bond donors (Lipinski definition) is 2. The van der Waals surface area contributed by atoms with E-state index in [2.05, 4.69) is 30.3 Å². The van der Waals surface area contributed by atoms with Crippen molar-refractivity contribution in [2.45, 2.75) is 27.0 Å². The zero-order valence-electron chi connectivity index (χ0n) is 18.1. The molecule has 0 aliphatic rings. The molecule has 8 nitrogen and oxygen atoms in total. The van der Waals surface area contributed by atoms with E-state index in [0.29, 0.717) is 17.7 Å². The number of rotatable bonds is 10. The predicted molar refractivity (Wildman–Crippen MR) is 118 cm³/mol. The van der Waals surface area contributed by atoms with Gasteiger partial charge in [0.15, 0.2) is 5.78 Å². The highest BCUT2D eigenvalue weighted by atomic mass is 19.3. The molecule has 0 aliphatic heterocycles. The predicted octanol–water partition coefficient (Wildman–Crippen LogP) is 3.71. The van der Waals surface area contributed by atoms with Crippen LogP contribution in [0.4, 0.5) is 14.5 Å². The number of alkyl halides is 2. The number of ketones is 1. The topological polar surface area (TPSA) is 106 Å². The first-order valence-corrected chi connectivity index (χ1v) is 10.2. The maximum atomic E-state index is 12.6. The average molecular weight is 455 g/mol. The number of halogens is 2. The summed E-state index contributed by atoms with van der Waals surface area (Å²) >= 11 is 0. The molecule has 0 saturated carbocycles. The van der Waals surface area contributed by atoms with E-state index >= 15 is 0 Å². The van der Waals surface area contributed by atoms with Crippen molar-refractivity contribution in [3.05, 3.63) is 66.5 Å². The summed E-state index contributed by atoms with van der Waals surface area (Å²) in [6.45, 7) is 0.856. The molecular formula is C23H23F2N5O3. The number of Topliss-reactive ketones (excluding diaryl/α,β-unsaturated/α-hetero) is 1. The Balaban J connectivity index is 1.80. The normalized spacial score (nSPS) is 11.0. The number of carbonyl (C=O) groups excluding carboxylic acids is 2. The van der Waals surface area contributed by atoms with Gasteiger partial charge >= 0.3 is 6.61 Å². The fraction of sp³-hybridized carbons (Fsp3) is 0.261. The molecule has 3 aromatic rings. The van der Waals surface area contributed by atoms with E-state index in [4.69, 9.17) is 0 Å². The molecule has 0 unspecified atom stereocenters. The summed E-state index contributed by atoms with van der Waals surface area (Å²) in [5, 5.41) is 5.69. The van der Waals surface area contributed by atoms with Crippen LogP contribution >= 0.6 is 0 Å². The SMILES string of the molecule is CC(C)C(=O)c1ncc(-c2cccc(OC(F)F)c2)cc1NC(=O)CNCc1ccncn1. The smallest absolute Gasteiger partial charge is 0.387 e. The Kier molecular flexibility index (Phi) is 8.09. The second-order valence-electron chi connectivity index (χ2n) is 7.40. The van der Waals surface area contributed by atoms with Crippen molar-refractivity contribution in [1.29, 1.82) is 0 Å². The number of nitrogens with zero attached hydrogens (tertiary/aromatic N) is 3. The summed E-state index contributed by atoms with van der Waals surface area (Å²) in [7, 11) is 0. The Morgan fingerprint density at radius 2 is 1.91 bits per heavy atom. The highest BCUT2D eigenvalue weighted by Crippen LogP contribution is 2.28. The maximum absolute atomic E-state index is 12.6. The van der Waals surface area contributed by atoms with Gasteiger partial charge in [-0.25, -0.2) is 9.97 Å². The molecule has 0 aliphatic carbocycles. The van der Waals surface area contributed by atoms with E-state index in [1.54, 1.807) is 44.3 Å². The highest BCUT2D eigenvalue weighted by Gasteiger charge is 2.19. The van der Waals surface area contributed by atoms with Crippen molar-refractivity contribution < 1.29 is 23.1 Å². The standard InChI is InChI=1S/C23H23F2N5O3/c1-14(2)22(32)21-19(30-20(31)12-27-11-17-6-7-26-13-29-17)9-16(10-28-21)15-4-3-5-18(8-15)33-23(24)25/h3-10,13-14,23,27H,11-12H2,1-2H3,(H,30,31). The Bertz CT molecular complexity index is 1110. The van der Waals surface area contributed by atoms with Gasteiger partial charge in [-0.3, -0.25) is 14.6 Å². The van der Waals surface area contributed by atoms with Crippen LogP contribution in [-0.2, 0) is 11.3 Å². The molecule has 0 spiro atoms. The van der Waals surface area contributed by atoms with Gasteiger partial charge in [-0.1, -0.05) is 26.0 Å². The third kappa shape index (κ3) is 6.84. The largest absolute Gasteiger partial charge is 0.435 e. The minimum absolute atomic E-state index is 0.00987. The highest BCUT2D eigenvalue weighted by molar-refractivity contribution is 6.05. The number of carbonyl (C=O) groups is 2. The molecule has 2 heterocycles. The van der Waals surface area contributed by atoms with Crippen LogP contribution in [0.25, 0.3) is 11.1 Å². The number of amides is 1. The monoisotopic (exact) mass is 455 g/mol. The third-order valence-corrected chi connectivity index (χ3v) is 4.55. The average Bonchev–Trinajstić information content (AvgIpc) is 2.79. The third-order valence-electron chi connectivity index (χ3n) is 4.55. The molecule has 1 aromatic carbocycles. The van der Waals surface area contributed by atoms with Crippen LogP contribution < -0.4 is 15.4 Å². The lowest BCUT2D eigenvalue weighted by Crippen LogP contribution is -2.29. The second kappa shape index (κ2) is 11.2. The molecule has 1 amide bonds. The van der Waals surface area contributed by atoms with Crippen LogP contribution in [0.1, 0.15) is 30.0 Å². The zero-order chi connectivity index (χ0) is 23.8. The summed E-state index contributed by atoms with van der Waals surface area (Å²) in [5.74, 6) is -0.960. The van der Waals surface area contributed by atoms with Crippen LogP contribution in [0.5, 0.6) is 5.75 Å². The molecular weight excluding hydrogens is 432 g/mol. The van der Waals surface area contributed by atoms with Crippen LogP contribution in [0.2, 0.25) is 0 Å². The Labute approximate surface area is 189 Å². The number of hydrogen-bond acceptors (Lipinski definition) is 7. The quantitative estimate of drug-likeness (QED) is 0.449. The van der Waals surface area contributed by atoms with Crippen molar-refractivity contribution in [3.8, 4) is 16.9 Å². The van der Waals surface area contributed by atoms with Gasteiger partial charge in [0.1, 0.15) is 17.8 Å². The van der Waals surface area contributed by atoms with Gasteiger partial charge < -0.3 is 15.4 Å². The van der Waals surface area contributed by atoms with Gasteiger partial charge in [-0.2, -0.15) is 8.78 Å². The first-order chi connectivity index (χ1) is 15.8. The van der Waals surface area contributed by atoms with Crippen LogP contribution in [-0.4, -0.2) is 39.8 Å². The molecule has 0 bridgehead atoms. The lowest BCUT2D eigenvalue weighted by molar-refractivity contribution is -0.115. The fourth-order valence-corrected chi connectivity index (χ4v) is 2.96. The minimum Gasteiger partial charge on any atom is -0.435 e. The molecule has 10 heteroatoms. The summed E-state index contributed by atoms with van der Waals surface area (Å²) in [4.78, 5) is 37.3. The molecule has 3 rings (SSSR count). The summed E-state index contributed by atoms with van der Waals surface area (Å²) in [5.41, 5.74) is 2.15. The Morgan fingerprint density at radius 1 is 1.09 bits per heavy atom. The zero-order valence-corrected chi connectivity index (χ0v) is 18.1. The number of pyridine rings is 1. The van der Waals surface area contributed by atoms with Gasteiger partial charge in [-0.15, -0.1) is 0 Å². The van der Waals surface area contributed by atoms with Crippen molar-refractivity contribution in [2.75, 3.05) is 11.9 Å². The van der Waals surface area contributed by atoms with Crippen molar-refractivity contribution in [1.82, 2.24) is 20.3 Å². The number of anilines is 1. The minimum atomic E-state index is -2.95. The molecule has 0 saturated heterocycles. The summed E-state index contributed by atoms with van der Waals surface area (Å²) < 4.78 is 29.6. The Hall–Kier alpha value is -3.79. The molecule has 172 valence electrons. The second-order valence-corrected chi connectivity index (χ2v) is 7.40. The summed E-state index contributed by atoms with van der Waals surface area (Å²) in [6, 6.07) is 9.41. The van der Waals surface area contributed by atoms with Crippen LogP contribution in [0.3, 0.4) is 0 Å². The van der Waals surface area contributed by atoms with E-state index in [1.807, 2.05) is 0 Å². The van der Waals surface area contributed by atoms with Crippen molar-refractivity contribution in [3.63, 3.8) is 0 Å². The lowest BCUT2D eigenvalue weighted by Gasteiger charge is -2.14. The molecule has 33 heavy (non-hydrogen) atoms. The van der Waals surface area contributed by atoms with Gasteiger partial charge in [0.25, 0.3) is 0 Å². The van der Waals surface area contributed by atoms with Crippen LogP contribution in [0, 0.1) is 5.92 Å².